The molecule has 1 saturated heterocycles. The number of hydrogen-bond acceptors (Lipinski definition) is 3. The number of alkyl halides is 1. The first-order valence-corrected chi connectivity index (χ1v) is 9.80. The minimum Gasteiger partial charge on any atom is -0.335 e. The number of halogens is 1. The van der Waals surface area contributed by atoms with Crippen molar-refractivity contribution in [2.45, 2.75) is 26.4 Å². The van der Waals surface area contributed by atoms with E-state index in [1.807, 2.05) is 42.3 Å². The molecule has 0 aliphatic carbocycles. The van der Waals surface area contributed by atoms with Crippen LogP contribution >= 0.6 is 22.9 Å². The Labute approximate surface area is 156 Å². The maximum absolute atomic E-state index is 13.1. The molecule has 25 heavy (non-hydrogen) atoms. The first-order chi connectivity index (χ1) is 12.1. The summed E-state index contributed by atoms with van der Waals surface area (Å²) in [4.78, 5) is 29.7. The van der Waals surface area contributed by atoms with Crippen LogP contribution in [-0.2, 0) is 11.3 Å². The Morgan fingerprint density at radius 2 is 2.20 bits per heavy atom. The topological polar surface area (TPSA) is 45.6 Å². The van der Waals surface area contributed by atoms with Crippen LogP contribution in [0.4, 0.5) is 0 Å². The third-order valence-electron chi connectivity index (χ3n) is 4.59. The summed E-state index contributed by atoms with van der Waals surface area (Å²) >= 11 is 7.31. The highest BCUT2D eigenvalue weighted by Gasteiger charge is 2.31. The van der Waals surface area contributed by atoms with Gasteiger partial charge in [0.2, 0.25) is 5.91 Å². The van der Waals surface area contributed by atoms with Crippen LogP contribution in [0.3, 0.4) is 0 Å². The van der Waals surface area contributed by atoms with Crippen LogP contribution < -0.4 is 0 Å². The highest BCUT2D eigenvalue weighted by atomic mass is 35.5. The largest absolute Gasteiger partial charge is 0.335 e. The molecule has 134 valence electrons. The highest BCUT2D eigenvalue weighted by Crippen LogP contribution is 2.27. The van der Waals surface area contributed by atoms with Gasteiger partial charge in [0.1, 0.15) is 16.4 Å². The molecule has 3 heterocycles. The lowest BCUT2D eigenvalue weighted by Gasteiger charge is -2.39. The third kappa shape index (κ3) is 3.46. The Morgan fingerprint density at radius 3 is 2.88 bits per heavy atom. The number of fused-ring (bicyclic) bond motifs is 1. The molecule has 0 radical (unpaired) electrons. The monoisotopic (exact) mass is 379 g/mol. The molecule has 1 atom stereocenters. The molecule has 5 nitrogen and oxygen atoms in total. The molecule has 1 aliphatic rings. The van der Waals surface area contributed by atoms with E-state index in [0.717, 1.165) is 10.2 Å². The summed E-state index contributed by atoms with van der Waals surface area (Å²) in [5.74, 6) is -0.0585. The quantitative estimate of drug-likeness (QED) is 0.605. The molecule has 0 unspecified atom stereocenters. The number of carbonyl (C=O) groups is 2. The van der Waals surface area contributed by atoms with Crippen molar-refractivity contribution >= 4 is 45.0 Å². The SMILES string of the molecule is C/C=C\Cn1c(C(=O)N2CCN(C(=O)CCl)[C@@H](C)C2)cc2ccsc21. The van der Waals surface area contributed by atoms with Gasteiger partial charge in [-0.15, -0.1) is 22.9 Å². The number of allylic oxidation sites excluding steroid dienone is 2. The number of carbonyl (C=O) groups excluding carboxylic acids is 2. The average molecular weight is 380 g/mol. The fourth-order valence-electron chi connectivity index (χ4n) is 3.30. The minimum atomic E-state index is -0.0711. The van der Waals surface area contributed by atoms with Crippen LogP contribution in [0.2, 0.25) is 0 Å². The van der Waals surface area contributed by atoms with Crippen molar-refractivity contribution in [1.29, 1.82) is 0 Å². The molecule has 0 spiro atoms. The summed E-state index contributed by atoms with van der Waals surface area (Å²) < 4.78 is 2.07. The van der Waals surface area contributed by atoms with E-state index in [2.05, 4.69) is 10.6 Å². The number of piperazine rings is 1. The molecule has 0 N–H and O–H groups in total. The fraction of sp³-hybridized carbons (Fsp3) is 0.444. The van der Waals surface area contributed by atoms with Gasteiger partial charge in [0.05, 0.1) is 0 Å². The normalized spacial score (nSPS) is 18.4. The third-order valence-corrected chi connectivity index (χ3v) is 5.77. The smallest absolute Gasteiger partial charge is 0.270 e. The van der Waals surface area contributed by atoms with E-state index in [9.17, 15) is 9.59 Å². The number of rotatable bonds is 4. The molecule has 1 aliphatic heterocycles. The van der Waals surface area contributed by atoms with Gasteiger partial charge in [-0.2, -0.15) is 0 Å². The van der Waals surface area contributed by atoms with Crippen LogP contribution in [-0.4, -0.2) is 57.7 Å². The number of hydrogen-bond donors (Lipinski definition) is 0. The van der Waals surface area contributed by atoms with E-state index in [4.69, 9.17) is 11.6 Å². The number of amides is 2. The molecule has 1 fully saturated rings. The Hall–Kier alpha value is -1.79. The van der Waals surface area contributed by atoms with Crippen LogP contribution in [0.1, 0.15) is 24.3 Å². The van der Waals surface area contributed by atoms with Gasteiger partial charge in [0.15, 0.2) is 0 Å². The predicted molar refractivity (Wildman–Crippen MR) is 102 cm³/mol. The Balaban J connectivity index is 1.83. The minimum absolute atomic E-state index is 0.0131. The van der Waals surface area contributed by atoms with Gasteiger partial charge < -0.3 is 14.4 Å². The number of nitrogens with zero attached hydrogens (tertiary/aromatic N) is 3. The molecular formula is C18H22ClN3O2S. The molecule has 2 amide bonds. The Morgan fingerprint density at radius 1 is 1.40 bits per heavy atom. The van der Waals surface area contributed by atoms with Crippen molar-refractivity contribution in [2.75, 3.05) is 25.5 Å². The average Bonchev–Trinajstić information content (AvgIpc) is 3.20. The van der Waals surface area contributed by atoms with Gasteiger partial charge in [-0.25, -0.2) is 0 Å². The van der Waals surface area contributed by atoms with Crippen molar-refractivity contribution < 1.29 is 9.59 Å². The van der Waals surface area contributed by atoms with Gasteiger partial charge >= 0.3 is 0 Å². The van der Waals surface area contributed by atoms with Crippen LogP contribution in [0.15, 0.2) is 29.7 Å². The maximum Gasteiger partial charge on any atom is 0.270 e. The Kier molecular flexibility index (Phi) is 5.49. The summed E-state index contributed by atoms with van der Waals surface area (Å²) in [6, 6.07) is 3.99. The lowest BCUT2D eigenvalue weighted by molar-refractivity contribution is -0.132. The summed E-state index contributed by atoms with van der Waals surface area (Å²) in [6.45, 7) is 6.22. The molecule has 0 saturated carbocycles. The first-order valence-electron chi connectivity index (χ1n) is 8.39. The van der Waals surface area contributed by atoms with Crippen molar-refractivity contribution in [3.63, 3.8) is 0 Å². The van der Waals surface area contributed by atoms with Gasteiger partial charge in [0.25, 0.3) is 5.91 Å². The predicted octanol–water partition coefficient (Wildman–Crippen LogP) is 3.19. The molecule has 3 rings (SSSR count). The van der Waals surface area contributed by atoms with Crippen molar-refractivity contribution in [1.82, 2.24) is 14.4 Å². The molecule has 0 aromatic carbocycles. The van der Waals surface area contributed by atoms with E-state index in [1.54, 1.807) is 16.2 Å². The van der Waals surface area contributed by atoms with Gasteiger partial charge in [-0.05, 0) is 31.4 Å². The molecule has 2 aromatic heterocycles. The summed E-state index contributed by atoms with van der Waals surface area (Å²) in [7, 11) is 0. The lowest BCUT2D eigenvalue weighted by Crippen LogP contribution is -2.56. The number of aromatic nitrogens is 1. The zero-order chi connectivity index (χ0) is 18.0. The van der Waals surface area contributed by atoms with E-state index < -0.39 is 0 Å². The van der Waals surface area contributed by atoms with Crippen LogP contribution in [0.5, 0.6) is 0 Å². The number of thiophene rings is 1. The first kappa shape index (κ1) is 18.0. The summed E-state index contributed by atoms with van der Waals surface area (Å²) in [5, 5.41) is 3.14. The van der Waals surface area contributed by atoms with Gasteiger partial charge in [-0.3, -0.25) is 9.59 Å². The molecule has 2 aromatic rings. The fourth-order valence-corrected chi connectivity index (χ4v) is 4.36. The van der Waals surface area contributed by atoms with E-state index in [1.165, 1.54) is 0 Å². The van der Waals surface area contributed by atoms with Gasteiger partial charge in [-0.1, -0.05) is 12.2 Å². The summed E-state index contributed by atoms with van der Waals surface area (Å²) in [5.41, 5.74) is 0.712. The van der Waals surface area contributed by atoms with Crippen molar-refractivity contribution in [3.8, 4) is 0 Å². The maximum atomic E-state index is 13.1. The zero-order valence-electron chi connectivity index (χ0n) is 14.4. The van der Waals surface area contributed by atoms with Crippen molar-refractivity contribution in [2.24, 2.45) is 0 Å². The Bertz CT molecular complexity index is 810. The molecule has 0 bridgehead atoms. The van der Waals surface area contributed by atoms with Crippen LogP contribution in [0, 0.1) is 0 Å². The van der Waals surface area contributed by atoms with E-state index in [0.29, 0.717) is 31.9 Å². The second kappa shape index (κ2) is 7.62. The highest BCUT2D eigenvalue weighted by molar-refractivity contribution is 7.16. The second-order valence-electron chi connectivity index (χ2n) is 6.21. The van der Waals surface area contributed by atoms with E-state index >= 15 is 0 Å². The summed E-state index contributed by atoms with van der Waals surface area (Å²) in [6.07, 6.45) is 4.04. The van der Waals surface area contributed by atoms with Crippen LogP contribution in [0.25, 0.3) is 10.2 Å². The molecular weight excluding hydrogens is 358 g/mol. The zero-order valence-corrected chi connectivity index (χ0v) is 16.0. The molecule has 7 heteroatoms. The standard InChI is InChI=1S/C18H22ClN3O2S/c1-3-4-6-22-15(10-14-5-9-25-18(14)22)17(24)20-7-8-21(13(2)12-20)16(23)11-19/h3-5,9-10,13H,6-8,11-12H2,1-2H3/b4-3-/t13-/m0/s1. The second-order valence-corrected chi connectivity index (χ2v) is 7.37. The lowest BCUT2D eigenvalue weighted by atomic mass is 10.1. The van der Waals surface area contributed by atoms with E-state index in [-0.39, 0.29) is 23.7 Å². The van der Waals surface area contributed by atoms with Gasteiger partial charge in [0, 0.05) is 37.6 Å². The van der Waals surface area contributed by atoms with Crippen molar-refractivity contribution in [3.05, 3.63) is 35.4 Å².